The molecule has 0 aliphatic carbocycles. The van der Waals surface area contributed by atoms with Gasteiger partial charge in [-0.15, -0.1) is 0 Å². The third-order valence-electron chi connectivity index (χ3n) is 6.52. The molecule has 130 valence electrons. The Hall–Kier alpha value is -1.97. The molecule has 0 aromatic rings. The van der Waals surface area contributed by atoms with Crippen LogP contribution in [0.2, 0.25) is 0 Å². The van der Waals surface area contributed by atoms with Gasteiger partial charge in [-0.1, -0.05) is 6.92 Å². The highest BCUT2D eigenvalue weighted by Crippen LogP contribution is 2.40. The zero-order valence-corrected chi connectivity index (χ0v) is 15.2. The van der Waals surface area contributed by atoms with E-state index in [4.69, 9.17) is 15.0 Å². The van der Waals surface area contributed by atoms with E-state index in [1.54, 1.807) is 0 Å². The lowest BCUT2D eigenvalue weighted by atomic mass is 9.80. The first-order valence-electron chi connectivity index (χ1n) is 9.70. The summed E-state index contributed by atoms with van der Waals surface area (Å²) < 4.78 is 0. The molecular formula is C21H26N4. The van der Waals surface area contributed by atoms with Crippen LogP contribution in [0.4, 0.5) is 0 Å². The van der Waals surface area contributed by atoms with E-state index in [1.807, 2.05) is 0 Å². The maximum Gasteiger partial charge on any atom is 0.0812 e. The maximum absolute atomic E-state index is 5.19. The number of aliphatic imine (C=N–C) groups is 3. The smallest absolute Gasteiger partial charge is 0.0812 e. The molecule has 25 heavy (non-hydrogen) atoms. The quantitative estimate of drug-likeness (QED) is 0.712. The van der Waals surface area contributed by atoms with E-state index in [2.05, 4.69) is 37.4 Å². The van der Waals surface area contributed by atoms with E-state index >= 15 is 0 Å². The number of nitrogens with one attached hydrogen (secondary N) is 1. The number of hydrogen-bond donors (Lipinski definition) is 1. The monoisotopic (exact) mass is 334 g/mol. The number of fused-ring (bicyclic) bond motifs is 6. The van der Waals surface area contributed by atoms with Crippen molar-refractivity contribution in [3.63, 3.8) is 0 Å². The van der Waals surface area contributed by atoms with Crippen molar-refractivity contribution < 1.29 is 0 Å². The molecule has 0 amide bonds. The van der Waals surface area contributed by atoms with Gasteiger partial charge in [-0.25, -0.2) is 0 Å². The fourth-order valence-electron chi connectivity index (χ4n) is 4.83. The summed E-state index contributed by atoms with van der Waals surface area (Å²) in [6, 6.07) is 0.425. The highest BCUT2D eigenvalue weighted by Gasteiger charge is 2.45. The van der Waals surface area contributed by atoms with Gasteiger partial charge in [0.25, 0.3) is 0 Å². The Balaban J connectivity index is 1.60. The van der Waals surface area contributed by atoms with Gasteiger partial charge in [0.2, 0.25) is 0 Å². The van der Waals surface area contributed by atoms with Crippen LogP contribution in [-0.2, 0) is 0 Å². The van der Waals surface area contributed by atoms with Crippen molar-refractivity contribution >= 4 is 17.1 Å². The lowest BCUT2D eigenvalue weighted by Gasteiger charge is -2.33. The van der Waals surface area contributed by atoms with E-state index in [9.17, 15) is 0 Å². The molecule has 0 aromatic heterocycles. The van der Waals surface area contributed by atoms with Crippen molar-refractivity contribution in [2.75, 3.05) is 0 Å². The van der Waals surface area contributed by atoms with E-state index in [0.29, 0.717) is 12.0 Å². The minimum absolute atomic E-state index is 0.0196. The van der Waals surface area contributed by atoms with Crippen molar-refractivity contribution in [2.24, 2.45) is 20.9 Å². The molecular weight excluding hydrogens is 308 g/mol. The van der Waals surface area contributed by atoms with Crippen molar-refractivity contribution in [3.8, 4) is 0 Å². The Morgan fingerprint density at radius 2 is 1.60 bits per heavy atom. The van der Waals surface area contributed by atoms with Crippen molar-refractivity contribution in [3.05, 3.63) is 35.3 Å². The first-order chi connectivity index (χ1) is 12.1. The summed E-state index contributed by atoms with van der Waals surface area (Å²) in [5.74, 6) is 0.560. The van der Waals surface area contributed by atoms with Crippen molar-refractivity contribution in [2.45, 2.75) is 70.4 Å². The summed E-state index contributed by atoms with van der Waals surface area (Å²) in [5, 5.41) is 3.78. The van der Waals surface area contributed by atoms with Gasteiger partial charge in [-0.3, -0.25) is 15.0 Å². The van der Waals surface area contributed by atoms with Crippen LogP contribution in [0.15, 0.2) is 50.3 Å². The average molecular weight is 334 g/mol. The summed E-state index contributed by atoms with van der Waals surface area (Å²) in [4.78, 5) is 14.9. The van der Waals surface area contributed by atoms with E-state index in [1.165, 1.54) is 34.2 Å². The lowest BCUT2D eigenvalue weighted by Crippen LogP contribution is -2.46. The van der Waals surface area contributed by atoms with Gasteiger partial charge in [-0.2, -0.15) is 0 Å². The second-order valence-electron chi connectivity index (χ2n) is 8.32. The number of hydrogen-bond acceptors (Lipinski definition) is 4. The molecule has 5 heterocycles. The molecule has 8 bridgehead atoms. The third kappa shape index (κ3) is 2.62. The molecule has 4 nitrogen and oxygen atoms in total. The van der Waals surface area contributed by atoms with Crippen LogP contribution < -0.4 is 5.32 Å². The fraction of sp³-hybridized carbons (Fsp3) is 0.571. The third-order valence-corrected chi connectivity index (χ3v) is 6.52. The summed E-state index contributed by atoms with van der Waals surface area (Å²) in [5.41, 5.74) is 7.34. The van der Waals surface area contributed by atoms with Crippen LogP contribution >= 0.6 is 0 Å². The number of rotatable bonds is 0. The van der Waals surface area contributed by atoms with Crippen molar-refractivity contribution in [1.29, 1.82) is 0 Å². The minimum Gasteiger partial charge on any atom is -0.383 e. The van der Waals surface area contributed by atoms with Crippen molar-refractivity contribution in [1.82, 2.24) is 5.32 Å². The Labute approximate surface area is 149 Å². The molecule has 0 radical (unpaired) electrons. The van der Waals surface area contributed by atoms with E-state index in [-0.39, 0.29) is 5.54 Å². The normalized spacial score (nSPS) is 36.4. The highest BCUT2D eigenvalue weighted by molar-refractivity contribution is 6.03. The molecule has 1 N–H and O–H groups in total. The molecule has 3 atom stereocenters. The van der Waals surface area contributed by atoms with Gasteiger partial charge in [-0.05, 0) is 76.0 Å². The Kier molecular flexibility index (Phi) is 3.37. The molecule has 3 unspecified atom stereocenters. The highest BCUT2D eigenvalue weighted by atomic mass is 15.1. The van der Waals surface area contributed by atoms with E-state index < -0.39 is 0 Å². The first-order valence-corrected chi connectivity index (χ1v) is 9.70. The lowest BCUT2D eigenvalue weighted by molar-refractivity contribution is 0.275. The van der Waals surface area contributed by atoms with Crippen LogP contribution in [-0.4, -0.2) is 28.7 Å². The number of nitrogens with zero attached hydrogens (tertiary/aromatic N) is 3. The summed E-state index contributed by atoms with van der Waals surface area (Å²) in [6.45, 7) is 4.68. The Bertz CT molecular complexity index is 808. The zero-order chi connectivity index (χ0) is 17.0. The van der Waals surface area contributed by atoms with Gasteiger partial charge in [0.15, 0.2) is 0 Å². The Morgan fingerprint density at radius 3 is 2.36 bits per heavy atom. The molecule has 1 saturated heterocycles. The largest absolute Gasteiger partial charge is 0.383 e. The maximum atomic E-state index is 5.19. The van der Waals surface area contributed by atoms with Crippen LogP contribution in [0.25, 0.3) is 0 Å². The first kappa shape index (κ1) is 15.3. The second-order valence-corrected chi connectivity index (χ2v) is 8.32. The van der Waals surface area contributed by atoms with Gasteiger partial charge in [0.1, 0.15) is 0 Å². The summed E-state index contributed by atoms with van der Waals surface area (Å²) in [7, 11) is 0. The van der Waals surface area contributed by atoms with Crippen LogP contribution in [0.1, 0.15) is 58.8 Å². The molecule has 5 rings (SSSR count). The molecule has 0 spiro atoms. The molecule has 0 aromatic carbocycles. The predicted octanol–water partition coefficient (Wildman–Crippen LogP) is 4.11. The SMILES string of the molecule is CC1CC2=NC1(C)C1CCC(=CC3=NC(=CC4=NC(=C2)CC4)CC3)N1. The van der Waals surface area contributed by atoms with Gasteiger partial charge in [0.05, 0.1) is 11.6 Å². The van der Waals surface area contributed by atoms with Crippen LogP contribution in [0.3, 0.4) is 0 Å². The van der Waals surface area contributed by atoms with E-state index in [0.717, 1.165) is 44.9 Å². The molecule has 5 aliphatic heterocycles. The van der Waals surface area contributed by atoms with Gasteiger partial charge >= 0.3 is 0 Å². The predicted molar refractivity (Wildman–Crippen MR) is 103 cm³/mol. The van der Waals surface area contributed by atoms with Gasteiger partial charge < -0.3 is 5.32 Å². The standard InChI is InChI=1S/C21H26N4/c1-13-9-19-12-17-6-5-15(23-17)10-14-3-4-16(22-14)11-18-7-8-20(24-18)21(13,2)25-19/h10-13,20,24H,3-9H2,1-2H3. The topological polar surface area (TPSA) is 49.1 Å². The minimum atomic E-state index is -0.0196. The average Bonchev–Trinajstić information content (AvgIpc) is 3.32. The molecule has 4 heteroatoms. The summed E-state index contributed by atoms with van der Waals surface area (Å²) in [6.07, 6.45) is 14.3. The number of allylic oxidation sites excluding steroid dienone is 6. The second kappa shape index (κ2) is 5.52. The molecule has 5 aliphatic rings. The van der Waals surface area contributed by atoms with Gasteiger partial charge in [0, 0.05) is 34.2 Å². The molecule has 1 fully saturated rings. The van der Waals surface area contributed by atoms with Crippen LogP contribution in [0, 0.1) is 5.92 Å². The van der Waals surface area contributed by atoms with Crippen LogP contribution in [0.5, 0.6) is 0 Å². The Morgan fingerprint density at radius 1 is 0.920 bits per heavy atom. The molecule has 0 saturated carbocycles. The summed E-state index contributed by atoms with van der Waals surface area (Å²) >= 11 is 0. The zero-order valence-electron chi connectivity index (χ0n) is 15.2. The fourth-order valence-corrected chi connectivity index (χ4v) is 4.83.